The average Bonchev–Trinajstić information content (AvgIpc) is 2.31. The van der Waals surface area contributed by atoms with Gasteiger partial charge in [0, 0.05) is 6.07 Å². The molecule has 0 aliphatic heterocycles. The van der Waals surface area contributed by atoms with E-state index in [0.717, 1.165) is 0 Å². The topological polar surface area (TPSA) is 81.6 Å². The van der Waals surface area contributed by atoms with Crippen LogP contribution >= 0.6 is 0 Å². The van der Waals surface area contributed by atoms with E-state index in [2.05, 4.69) is 4.84 Å². The molecule has 0 unspecified atom stereocenters. The molecule has 1 aromatic carbocycles. The number of esters is 1. The summed E-state index contributed by atoms with van der Waals surface area (Å²) in [6.45, 7) is 2.06. The third-order valence-electron chi connectivity index (χ3n) is 2.11. The molecule has 6 heteroatoms. The Kier molecular flexibility index (Phi) is 4.45. The molecular formula is C11H15N2O4+. The first kappa shape index (κ1) is 13.0. The summed E-state index contributed by atoms with van der Waals surface area (Å²) in [4.78, 5) is 27.4. The summed E-state index contributed by atoms with van der Waals surface area (Å²) in [6.07, 6.45) is 0.0959. The van der Waals surface area contributed by atoms with Crippen molar-refractivity contribution >= 4 is 17.3 Å². The van der Waals surface area contributed by atoms with E-state index in [1.165, 1.54) is 13.2 Å². The number of rotatable bonds is 5. The Hall–Kier alpha value is -2.11. The molecule has 17 heavy (non-hydrogen) atoms. The Bertz CT molecular complexity index is 431. The van der Waals surface area contributed by atoms with Crippen LogP contribution in [0.5, 0.6) is 0 Å². The van der Waals surface area contributed by atoms with Gasteiger partial charge in [-0.2, -0.15) is 0 Å². The molecule has 6 nitrogen and oxygen atoms in total. The van der Waals surface area contributed by atoms with Gasteiger partial charge in [-0.25, -0.2) is 4.84 Å². The summed E-state index contributed by atoms with van der Waals surface area (Å²) >= 11 is 0. The predicted octanol–water partition coefficient (Wildman–Crippen LogP) is 1.35. The zero-order valence-electron chi connectivity index (χ0n) is 9.80. The lowest BCUT2D eigenvalue weighted by Crippen LogP contribution is -2.08. The maximum Gasteiger partial charge on any atom is 0.339 e. The third-order valence-corrected chi connectivity index (χ3v) is 2.11. The number of hydrogen-bond acceptors (Lipinski definition) is 5. The Labute approximate surface area is 98.8 Å². The fourth-order valence-corrected chi connectivity index (χ4v) is 1.33. The van der Waals surface area contributed by atoms with E-state index in [4.69, 9.17) is 10.5 Å². The molecule has 0 bridgehead atoms. The molecule has 0 saturated carbocycles. The molecule has 0 aliphatic carbocycles. The number of ether oxygens (including phenoxy) is 1. The van der Waals surface area contributed by atoms with Crippen molar-refractivity contribution in [1.29, 1.82) is 0 Å². The van der Waals surface area contributed by atoms with Crippen molar-refractivity contribution in [3.63, 3.8) is 0 Å². The van der Waals surface area contributed by atoms with Gasteiger partial charge in [-0.05, 0) is 18.6 Å². The van der Waals surface area contributed by atoms with Crippen LogP contribution in [0.15, 0.2) is 18.2 Å². The van der Waals surface area contributed by atoms with Gasteiger partial charge in [0.25, 0.3) is 4.92 Å². The van der Waals surface area contributed by atoms with Crippen molar-refractivity contribution in [2.24, 2.45) is 0 Å². The van der Waals surface area contributed by atoms with Crippen molar-refractivity contribution in [3.8, 4) is 0 Å². The van der Waals surface area contributed by atoms with Gasteiger partial charge in [0.05, 0.1) is 17.9 Å². The van der Waals surface area contributed by atoms with Gasteiger partial charge in [-0.1, -0.05) is 6.07 Å². The van der Waals surface area contributed by atoms with Gasteiger partial charge < -0.3 is 10.5 Å². The molecule has 0 atom stereocenters. The van der Waals surface area contributed by atoms with Crippen LogP contribution in [-0.2, 0) is 20.8 Å². The summed E-state index contributed by atoms with van der Waals surface area (Å²) in [5.41, 5.74) is 6.72. The van der Waals surface area contributed by atoms with Gasteiger partial charge in [0.1, 0.15) is 5.69 Å². The van der Waals surface area contributed by atoms with Gasteiger partial charge in [-0.15, -0.1) is 0 Å². The van der Waals surface area contributed by atoms with Crippen LogP contribution in [0.2, 0.25) is 0 Å². The third kappa shape index (κ3) is 3.44. The van der Waals surface area contributed by atoms with E-state index < -0.39 is 0 Å². The van der Waals surface area contributed by atoms with E-state index in [0.29, 0.717) is 17.1 Å². The number of anilines is 1. The largest absolute Gasteiger partial charge is 0.466 e. The quantitative estimate of drug-likeness (QED) is 0.476. The van der Waals surface area contributed by atoms with Gasteiger partial charge in [0.15, 0.2) is 7.11 Å². The fourth-order valence-electron chi connectivity index (χ4n) is 1.33. The maximum absolute atomic E-state index is 11.3. The van der Waals surface area contributed by atoms with Crippen molar-refractivity contribution < 1.29 is 19.3 Å². The Morgan fingerprint density at radius 3 is 2.76 bits per heavy atom. The summed E-state index contributed by atoms with van der Waals surface area (Å²) in [7, 11) is 1.24. The minimum atomic E-state index is -0.349. The van der Waals surface area contributed by atoms with Crippen LogP contribution in [0.3, 0.4) is 0 Å². The lowest BCUT2D eigenvalue weighted by Gasteiger charge is -2.02. The van der Waals surface area contributed by atoms with Crippen LogP contribution in [-0.4, -0.2) is 24.6 Å². The highest BCUT2D eigenvalue weighted by atomic mass is 16.8. The van der Waals surface area contributed by atoms with Crippen molar-refractivity contribution in [1.82, 2.24) is 0 Å². The lowest BCUT2D eigenvalue weighted by molar-refractivity contribution is -0.736. The van der Waals surface area contributed by atoms with Crippen LogP contribution in [0.4, 0.5) is 11.4 Å². The van der Waals surface area contributed by atoms with Crippen LogP contribution in [0.25, 0.3) is 0 Å². The first-order chi connectivity index (χ1) is 8.08. The van der Waals surface area contributed by atoms with Crippen LogP contribution in [0.1, 0.15) is 12.5 Å². The molecule has 0 radical (unpaired) electrons. The molecule has 0 aliphatic rings. The molecule has 1 rings (SSSR count). The number of benzene rings is 1. The Morgan fingerprint density at radius 1 is 1.47 bits per heavy atom. The number of carbonyl (C=O) groups excluding carboxylic acids is 1. The van der Waals surface area contributed by atoms with Gasteiger partial charge in [0.2, 0.25) is 0 Å². The highest BCUT2D eigenvalue weighted by molar-refractivity contribution is 5.73. The van der Waals surface area contributed by atoms with E-state index in [1.54, 1.807) is 19.1 Å². The highest BCUT2D eigenvalue weighted by Crippen LogP contribution is 2.23. The molecule has 0 spiro atoms. The maximum atomic E-state index is 11.3. The summed E-state index contributed by atoms with van der Waals surface area (Å²) in [5.74, 6) is -0.349. The zero-order valence-corrected chi connectivity index (χ0v) is 9.80. The minimum absolute atomic E-state index is 0.0959. The number of carbonyl (C=O) groups is 1. The van der Waals surface area contributed by atoms with Crippen molar-refractivity contribution in [3.05, 3.63) is 28.7 Å². The molecule has 0 fully saturated rings. The molecular weight excluding hydrogens is 224 g/mol. The number of nitrogen functional groups attached to an aromatic ring is 1. The predicted molar refractivity (Wildman–Crippen MR) is 61.5 cm³/mol. The van der Waals surface area contributed by atoms with Crippen LogP contribution < -0.4 is 5.73 Å². The summed E-state index contributed by atoms with van der Waals surface area (Å²) in [5, 5.41) is 0. The summed E-state index contributed by atoms with van der Waals surface area (Å²) < 4.78 is 4.81. The SMILES string of the molecule is CCOC(=O)Cc1ccc(N)c([N+](=O)OC)c1. The van der Waals surface area contributed by atoms with Gasteiger partial charge in [-0.3, -0.25) is 4.79 Å². The molecule has 1 aromatic rings. The zero-order chi connectivity index (χ0) is 12.8. The van der Waals surface area contributed by atoms with E-state index in [-0.39, 0.29) is 23.8 Å². The van der Waals surface area contributed by atoms with Crippen molar-refractivity contribution in [2.45, 2.75) is 13.3 Å². The fraction of sp³-hybridized carbons (Fsp3) is 0.364. The minimum Gasteiger partial charge on any atom is -0.466 e. The molecule has 92 valence electrons. The Balaban J connectivity index is 2.89. The van der Waals surface area contributed by atoms with Crippen molar-refractivity contribution in [2.75, 3.05) is 19.5 Å². The molecule has 0 aromatic heterocycles. The molecule has 0 amide bonds. The number of nitrogens with zero attached hydrogens (tertiary/aromatic N) is 1. The average molecular weight is 239 g/mol. The summed E-state index contributed by atoms with van der Waals surface area (Å²) in [6, 6.07) is 4.72. The monoisotopic (exact) mass is 239 g/mol. The lowest BCUT2D eigenvalue weighted by atomic mass is 10.1. The van der Waals surface area contributed by atoms with Crippen LogP contribution in [0, 0.1) is 4.91 Å². The van der Waals surface area contributed by atoms with E-state index in [1.807, 2.05) is 0 Å². The molecule has 0 saturated heterocycles. The first-order valence-electron chi connectivity index (χ1n) is 5.13. The second-order valence-electron chi connectivity index (χ2n) is 3.31. The van der Waals surface area contributed by atoms with E-state index >= 15 is 0 Å². The first-order valence-corrected chi connectivity index (χ1v) is 5.13. The number of nitrogens with two attached hydrogens (primary N) is 1. The normalized spacial score (nSPS) is 9.76. The second-order valence-corrected chi connectivity index (χ2v) is 3.31. The molecule has 2 N–H and O–H groups in total. The van der Waals surface area contributed by atoms with E-state index in [9.17, 15) is 9.70 Å². The smallest absolute Gasteiger partial charge is 0.339 e. The highest BCUT2D eigenvalue weighted by Gasteiger charge is 2.20. The second kappa shape index (κ2) is 5.83. The molecule has 0 heterocycles. The standard InChI is InChI=1S/C11H15N2O4/c1-3-17-11(14)7-8-4-5-9(12)10(6-8)13(15)16-2/h4-6H,3,7,12H2,1-2H3/q+1. The Morgan fingerprint density at radius 2 is 2.18 bits per heavy atom. The number of hydrogen-bond donors (Lipinski definition) is 1. The van der Waals surface area contributed by atoms with Gasteiger partial charge >= 0.3 is 11.7 Å².